The van der Waals surface area contributed by atoms with E-state index in [9.17, 15) is 4.79 Å². The molecule has 0 saturated heterocycles. The van der Waals surface area contributed by atoms with Gasteiger partial charge in [0.2, 0.25) is 0 Å². The Balaban J connectivity index is 3.50. The summed E-state index contributed by atoms with van der Waals surface area (Å²) in [6, 6.07) is 0. The molecule has 0 unspecified atom stereocenters. The summed E-state index contributed by atoms with van der Waals surface area (Å²) in [5.41, 5.74) is 0.795. The largest absolute Gasteiger partial charge is 0.365 e. The van der Waals surface area contributed by atoms with Crippen molar-refractivity contribution >= 4 is 5.97 Å². The van der Waals surface area contributed by atoms with E-state index in [-0.39, 0.29) is 5.97 Å². The van der Waals surface area contributed by atoms with Gasteiger partial charge in [-0.1, -0.05) is 70.8 Å². The summed E-state index contributed by atoms with van der Waals surface area (Å²) in [7, 11) is 3.46. The third-order valence-corrected chi connectivity index (χ3v) is 3.68. The zero-order valence-corrected chi connectivity index (χ0v) is 14.6. The molecule has 21 heavy (non-hydrogen) atoms. The summed E-state index contributed by atoms with van der Waals surface area (Å²) < 4.78 is 0. The standard InChI is InChI=1S/C18H35NO2/c1-5-7-8-9-10-11-12-13-14-15-16-17(6-2)18(20)21-19(3)4/h6H,5,7-16H2,1-4H3. The molecule has 0 bridgehead atoms. The third kappa shape index (κ3) is 12.6. The molecule has 0 aromatic carbocycles. The van der Waals surface area contributed by atoms with Crippen molar-refractivity contribution in [1.29, 1.82) is 0 Å². The average molecular weight is 297 g/mol. The van der Waals surface area contributed by atoms with Crippen LogP contribution in [0.5, 0.6) is 0 Å². The third-order valence-electron chi connectivity index (χ3n) is 3.68. The Hall–Kier alpha value is -0.830. The second-order valence-corrected chi connectivity index (χ2v) is 5.94. The van der Waals surface area contributed by atoms with Crippen molar-refractivity contribution < 1.29 is 9.63 Å². The number of carbonyl (C=O) groups excluding carboxylic acids is 1. The lowest BCUT2D eigenvalue weighted by molar-refractivity contribution is -0.173. The fourth-order valence-electron chi connectivity index (χ4n) is 2.39. The van der Waals surface area contributed by atoms with Crippen LogP contribution in [0.2, 0.25) is 0 Å². The molecule has 0 saturated carbocycles. The van der Waals surface area contributed by atoms with Crippen LogP contribution in [-0.2, 0) is 9.63 Å². The zero-order chi connectivity index (χ0) is 15.9. The molecule has 124 valence electrons. The van der Waals surface area contributed by atoms with Crippen molar-refractivity contribution in [1.82, 2.24) is 5.06 Å². The molecular formula is C18H35NO2. The Morgan fingerprint density at radius 3 is 1.81 bits per heavy atom. The van der Waals surface area contributed by atoms with Crippen LogP contribution in [0.3, 0.4) is 0 Å². The van der Waals surface area contributed by atoms with E-state index < -0.39 is 0 Å². The molecule has 3 heteroatoms. The number of unbranched alkanes of at least 4 members (excludes halogenated alkanes) is 9. The molecule has 0 N–H and O–H groups in total. The molecule has 0 amide bonds. The number of hydroxylamine groups is 2. The first-order valence-electron chi connectivity index (χ1n) is 8.66. The highest BCUT2D eigenvalue weighted by atomic mass is 16.7. The first-order valence-corrected chi connectivity index (χ1v) is 8.66. The van der Waals surface area contributed by atoms with E-state index in [1.165, 1.54) is 62.9 Å². The lowest BCUT2D eigenvalue weighted by Crippen LogP contribution is -2.19. The lowest BCUT2D eigenvalue weighted by Gasteiger charge is -2.12. The van der Waals surface area contributed by atoms with Crippen molar-refractivity contribution in [2.75, 3.05) is 14.1 Å². The molecule has 0 aliphatic carbocycles. The van der Waals surface area contributed by atoms with Gasteiger partial charge in [0.05, 0.1) is 0 Å². The number of rotatable bonds is 13. The second kappa shape index (κ2) is 14.1. The maximum absolute atomic E-state index is 11.7. The van der Waals surface area contributed by atoms with Gasteiger partial charge in [-0.3, -0.25) is 0 Å². The molecule has 0 atom stereocenters. The van der Waals surface area contributed by atoms with Gasteiger partial charge in [0.25, 0.3) is 0 Å². The van der Waals surface area contributed by atoms with Gasteiger partial charge in [0, 0.05) is 19.7 Å². The van der Waals surface area contributed by atoms with Gasteiger partial charge >= 0.3 is 5.97 Å². The van der Waals surface area contributed by atoms with Gasteiger partial charge in [-0.25, -0.2) is 4.79 Å². The maximum Gasteiger partial charge on any atom is 0.352 e. The highest BCUT2D eigenvalue weighted by Crippen LogP contribution is 2.14. The van der Waals surface area contributed by atoms with Gasteiger partial charge < -0.3 is 4.84 Å². The molecule has 0 fully saturated rings. The fourth-order valence-corrected chi connectivity index (χ4v) is 2.39. The number of carbonyl (C=O) groups is 1. The van der Waals surface area contributed by atoms with Crippen LogP contribution in [0, 0.1) is 0 Å². The van der Waals surface area contributed by atoms with Crippen LogP contribution in [0.4, 0.5) is 0 Å². The van der Waals surface area contributed by atoms with E-state index in [2.05, 4.69) is 6.92 Å². The summed E-state index contributed by atoms with van der Waals surface area (Å²) in [5.74, 6) is -0.210. The molecule has 0 aromatic rings. The first-order chi connectivity index (χ1) is 10.1. The Labute approximate surface area is 131 Å². The van der Waals surface area contributed by atoms with Gasteiger partial charge in [0.15, 0.2) is 0 Å². The van der Waals surface area contributed by atoms with Crippen LogP contribution >= 0.6 is 0 Å². The van der Waals surface area contributed by atoms with E-state index in [1.54, 1.807) is 14.1 Å². The van der Waals surface area contributed by atoms with Gasteiger partial charge in [-0.15, -0.1) is 5.06 Å². The van der Waals surface area contributed by atoms with Crippen LogP contribution in [-0.4, -0.2) is 25.1 Å². The van der Waals surface area contributed by atoms with Crippen LogP contribution in [0.15, 0.2) is 11.6 Å². The molecule has 0 spiro atoms. The van der Waals surface area contributed by atoms with Crippen LogP contribution in [0.1, 0.15) is 84.5 Å². The van der Waals surface area contributed by atoms with Gasteiger partial charge in [0.1, 0.15) is 0 Å². The van der Waals surface area contributed by atoms with E-state index in [0.29, 0.717) is 0 Å². The van der Waals surface area contributed by atoms with E-state index in [0.717, 1.165) is 18.4 Å². The van der Waals surface area contributed by atoms with E-state index >= 15 is 0 Å². The molecule has 0 radical (unpaired) electrons. The smallest absolute Gasteiger partial charge is 0.352 e. The summed E-state index contributed by atoms with van der Waals surface area (Å²) in [5, 5.41) is 1.45. The van der Waals surface area contributed by atoms with E-state index in [1.807, 2.05) is 13.0 Å². The first kappa shape index (κ1) is 20.2. The molecule has 0 rings (SSSR count). The number of hydrogen-bond donors (Lipinski definition) is 0. The Bertz CT molecular complexity index is 285. The molecule has 0 aliphatic heterocycles. The van der Waals surface area contributed by atoms with Crippen molar-refractivity contribution in [3.8, 4) is 0 Å². The second-order valence-electron chi connectivity index (χ2n) is 5.94. The predicted octanol–water partition coefficient (Wildman–Crippen LogP) is 5.26. The summed E-state index contributed by atoms with van der Waals surface area (Å²) in [6.45, 7) is 4.16. The number of nitrogens with zero attached hydrogens (tertiary/aromatic N) is 1. The van der Waals surface area contributed by atoms with Crippen molar-refractivity contribution in [3.05, 3.63) is 11.6 Å². The highest BCUT2D eigenvalue weighted by Gasteiger charge is 2.10. The summed E-state index contributed by atoms with van der Waals surface area (Å²) >= 11 is 0. The highest BCUT2D eigenvalue weighted by molar-refractivity contribution is 5.88. The normalized spacial score (nSPS) is 12.0. The van der Waals surface area contributed by atoms with Crippen molar-refractivity contribution in [2.45, 2.75) is 84.5 Å². The lowest BCUT2D eigenvalue weighted by atomic mass is 10.0. The predicted molar refractivity (Wildman–Crippen MR) is 90.0 cm³/mol. The Kier molecular flexibility index (Phi) is 13.6. The monoisotopic (exact) mass is 297 g/mol. The minimum Gasteiger partial charge on any atom is -0.365 e. The Morgan fingerprint density at radius 1 is 0.905 bits per heavy atom. The number of allylic oxidation sites excluding steroid dienone is 1. The quantitative estimate of drug-likeness (QED) is 0.264. The summed E-state index contributed by atoms with van der Waals surface area (Å²) in [4.78, 5) is 16.8. The Morgan fingerprint density at radius 2 is 1.38 bits per heavy atom. The topological polar surface area (TPSA) is 29.5 Å². The minimum absolute atomic E-state index is 0.210. The fraction of sp³-hybridized carbons (Fsp3) is 0.833. The molecule has 3 nitrogen and oxygen atoms in total. The maximum atomic E-state index is 11.7. The average Bonchev–Trinajstić information content (AvgIpc) is 2.44. The van der Waals surface area contributed by atoms with Crippen LogP contribution < -0.4 is 0 Å². The molecule has 0 heterocycles. The van der Waals surface area contributed by atoms with Gasteiger partial charge in [-0.05, 0) is 19.8 Å². The van der Waals surface area contributed by atoms with Gasteiger partial charge in [-0.2, -0.15) is 0 Å². The molecular weight excluding hydrogens is 262 g/mol. The van der Waals surface area contributed by atoms with Crippen molar-refractivity contribution in [2.24, 2.45) is 0 Å². The SMILES string of the molecule is CC=C(CCCCCCCCCCCC)C(=O)ON(C)C. The number of hydrogen-bond acceptors (Lipinski definition) is 3. The van der Waals surface area contributed by atoms with Crippen molar-refractivity contribution in [3.63, 3.8) is 0 Å². The summed E-state index contributed by atoms with van der Waals surface area (Å²) in [6.07, 6.45) is 15.9. The minimum atomic E-state index is -0.210. The molecule has 0 aliphatic rings. The zero-order valence-electron chi connectivity index (χ0n) is 14.6. The molecule has 0 aromatic heterocycles. The van der Waals surface area contributed by atoms with E-state index in [4.69, 9.17) is 4.84 Å². The van der Waals surface area contributed by atoms with Crippen LogP contribution in [0.25, 0.3) is 0 Å².